The van der Waals surface area contributed by atoms with Crippen LogP contribution in [0.5, 0.6) is 0 Å². The zero-order valence-electron chi connectivity index (χ0n) is 26.7. The Labute approximate surface area is 278 Å². The van der Waals surface area contributed by atoms with Gasteiger partial charge in [-0.1, -0.05) is 109 Å². The zero-order chi connectivity index (χ0) is 31.3. The molecule has 0 N–H and O–H groups in total. The Balaban J connectivity index is 1.35. The van der Waals surface area contributed by atoms with E-state index in [4.69, 9.17) is 0 Å². The number of para-hydroxylation sites is 1. The summed E-state index contributed by atoms with van der Waals surface area (Å²) in [5.41, 5.74) is 19.6. The molecule has 8 aromatic rings. The van der Waals surface area contributed by atoms with Gasteiger partial charge in [-0.25, -0.2) is 4.48 Å². The van der Waals surface area contributed by atoms with Crippen molar-refractivity contribution in [1.29, 1.82) is 0 Å². The summed E-state index contributed by atoms with van der Waals surface area (Å²) in [7, 11) is 2.48. The van der Waals surface area contributed by atoms with Gasteiger partial charge in [0.1, 0.15) is 5.70 Å². The van der Waals surface area contributed by atoms with E-state index in [1.165, 1.54) is 111 Å². The van der Waals surface area contributed by atoms with Gasteiger partial charge in [0.15, 0.2) is 11.4 Å². The summed E-state index contributed by atoms with van der Waals surface area (Å²) in [5.74, 6) is 0. The van der Waals surface area contributed by atoms with E-state index < -0.39 is 0 Å². The minimum atomic E-state index is 0.775. The first-order chi connectivity index (χ1) is 23.7. The Bertz CT molecular complexity index is 2880. The molecular weight excluding hydrogens is 581 g/mol. The lowest BCUT2D eigenvalue weighted by Crippen LogP contribution is -2.35. The number of nitrogens with zero attached hydrogens (tertiary/aromatic N) is 2. The molecule has 2 aliphatic carbocycles. The number of allylic oxidation sites excluding steroid dienone is 4. The van der Waals surface area contributed by atoms with Gasteiger partial charge >= 0.3 is 0 Å². The average molecular weight is 612 g/mol. The second-order valence-electron chi connectivity index (χ2n) is 14.2. The molecule has 0 amide bonds. The molecule has 0 fully saturated rings. The molecule has 1 unspecified atom stereocenters. The molecule has 2 heteroatoms. The fourth-order valence-corrected chi connectivity index (χ4v) is 10.2. The number of fused-ring (bicyclic) bond motifs is 17. The van der Waals surface area contributed by atoms with Crippen molar-refractivity contribution in [1.82, 2.24) is 9.05 Å². The summed E-state index contributed by atoms with van der Waals surface area (Å²) in [6.07, 6.45) is 7.88. The van der Waals surface area contributed by atoms with Gasteiger partial charge in [-0.2, -0.15) is 0 Å². The third-order valence-electron chi connectivity index (χ3n) is 12.0. The number of hydrogen-bond acceptors (Lipinski definition) is 0. The van der Waals surface area contributed by atoms with Crippen molar-refractivity contribution in [2.75, 3.05) is 7.05 Å². The van der Waals surface area contributed by atoms with Gasteiger partial charge in [-0.3, -0.25) is 0 Å². The average Bonchev–Trinajstić information content (AvgIpc) is 3.85. The molecule has 0 saturated carbocycles. The van der Waals surface area contributed by atoms with Crippen molar-refractivity contribution in [3.63, 3.8) is 0 Å². The van der Waals surface area contributed by atoms with Crippen LogP contribution in [0.4, 0.5) is 11.4 Å². The number of benzene rings is 7. The van der Waals surface area contributed by atoms with Crippen LogP contribution in [-0.2, 0) is 6.42 Å². The predicted molar refractivity (Wildman–Crippen MR) is 202 cm³/mol. The van der Waals surface area contributed by atoms with Crippen molar-refractivity contribution in [3.8, 4) is 27.9 Å². The van der Waals surface area contributed by atoms with Gasteiger partial charge in [-0.05, 0) is 63.7 Å². The van der Waals surface area contributed by atoms with E-state index >= 15 is 0 Å². The highest BCUT2D eigenvalue weighted by Crippen LogP contribution is 2.66. The molecule has 0 bridgehead atoms. The molecule has 224 valence electrons. The first kappa shape index (κ1) is 25.4. The predicted octanol–water partition coefficient (Wildman–Crippen LogP) is 12.0. The topological polar surface area (TPSA) is 4.93 Å². The van der Waals surface area contributed by atoms with Crippen LogP contribution >= 0.6 is 0 Å². The van der Waals surface area contributed by atoms with Crippen LogP contribution in [0.3, 0.4) is 0 Å². The highest BCUT2D eigenvalue weighted by atomic mass is 15.4. The summed E-state index contributed by atoms with van der Waals surface area (Å²) < 4.78 is 3.46. The Morgan fingerprint density at radius 2 is 1.33 bits per heavy atom. The number of quaternary nitrogens is 1. The smallest absolute Gasteiger partial charge is 0.160 e. The summed E-state index contributed by atoms with van der Waals surface area (Å²) in [4.78, 5) is 0. The fraction of sp³-hybridized carbons (Fsp3) is 0.0870. The van der Waals surface area contributed by atoms with E-state index in [0.29, 0.717) is 0 Å². The van der Waals surface area contributed by atoms with Crippen molar-refractivity contribution in [2.45, 2.75) is 19.3 Å². The Morgan fingerprint density at radius 3 is 2.27 bits per heavy atom. The largest absolute Gasteiger partial charge is 0.307 e. The summed E-state index contributed by atoms with van der Waals surface area (Å²) in [6.45, 7) is 0. The maximum absolute atomic E-state index is 2.69. The number of aromatic nitrogens is 1. The molecule has 48 heavy (non-hydrogen) atoms. The monoisotopic (exact) mass is 611 g/mol. The van der Waals surface area contributed by atoms with Gasteiger partial charge in [-0.15, -0.1) is 0 Å². The Morgan fingerprint density at radius 1 is 0.583 bits per heavy atom. The minimum absolute atomic E-state index is 0.775. The van der Waals surface area contributed by atoms with Crippen LogP contribution in [0.25, 0.3) is 76.9 Å². The van der Waals surface area contributed by atoms with Gasteiger partial charge in [0.25, 0.3) is 0 Å². The summed E-state index contributed by atoms with van der Waals surface area (Å²) >= 11 is 0. The quantitative estimate of drug-likeness (QED) is 0.163. The molecule has 12 rings (SSSR count). The Kier molecular flexibility index (Phi) is 4.55. The van der Waals surface area contributed by atoms with E-state index in [-0.39, 0.29) is 0 Å². The van der Waals surface area contributed by atoms with E-state index in [9.17, 15) is 0 Å². The van der Waals surface area contributed by atoms with Crippen LogP contribution in [-0.4, -0.2) is 11.6 Å². The van der Waals surface area contributed by atoms with Crippen molar-refractivity contribution < 1.29 is 0 Å². The van der Waals surface area contributed by atoms with Gasteiger partial charge in [0, 0.05) is 45.5 Å². The van der Waals surface area contributed by atoms with E-state index in [2.05, 4.69) is 145 Å². The molecule has 3 heterocycles. The maximum atomic E-state index is 2.69. The highest BCUT2D eigenvalue weighted by molar-refractivity contribution is 6.34. The van der Waals surface area contributed by atoms with Crippen LogP contribution in [0.15, 0.2) is 139 Å². The van der Waals surface area contributed by atoms with Crippen LogP contribution in [0.2, 0.25) is 0 Å². The van der Waals surface area contributed by atoms with E-state index in [1.54, 1.807) is 0 Å². The molecule has 1 aromatic heterocycles. The lowest BCUT2D eigenvalue weighted by molar-refractivity contribution is 0.560. The lowest BCUT2D eigenvalue weighted by Gasteiger charge is -2.31. The van der Waals surface area contributed by atoms with Gasteiger partial charge < -0.3 is 4.57 Å². The second kappa shape index (κ2) is 8.60. The highest BCUT2D eigenvalue weighted by Gasteiger charge is 2.53. The van der Waals surface area contributed by atoms with E-state index in [1.807, 2.05) is 0 Å². The molecule has 0 radical (unpaired) electrons. The zero-order valence-corrected chi connectivity index (χ0v) is 26.7. The normalized spacial score (nSPS) is 18.2. The molecule has 7 aromatic carbocycles. The second-order valence-corrected chi connectivity index (χ2v) is 14.2. The van der Waals surface area contributed by atoms with Crippen LogP contribution in [0.1, 0.15) is 29.5 Å². The fourth-order valence-electron chi connectivity index (χ4n) is 10.2. The van der Waals surface area contributed by atoms with Gasteiger partial charge in [0.2, 0.25) is 0 Å². The van der Waals surface area contributed by atoms with Crippen molar-refractivity contribution in [3.05, 3.63) is 156 Å². The Hall–Kier alpha value is -5.70. The third-order valence-corrected chi connectivity index (χ3v) is 12.0. The molecular formula is C46H31N2+. The molecule has 0 spiro atoms. The van der Waals surface area contributed by atoms with Crippen LogP contribution < -0.4 is 4.48 Å². The number of hydrogen-bond donors (Lipinski definition) is 0. The SMILES string of the molecule is C[N+]12C3=C(C=CCC3)c3cccc(c31)-c1c2c2ccccc2c2c3ccc4ccccc4c3n(-c3cccc4c3Cc3ccccc3-4)c12. The van der Waals surface area contributed by atoms with E-state index in [0.717, 1.165) is 23.7 Å². The van der Waals surface area contributed by atoms with Crippen molar-refractivity contribution in [2.24, 2.45) is 0 Å². The first-order valence-electron chi connectivity index (χ1n) is 17.3. The summed E-state index contributed by atoms with van der Waals surface area (Å²) in [6, 6.07) is 46.0. The number of rotatable bonds is 1. The summed E-state index contributed by atoms with van der Waals surface area (Å²) in [5, 5.41) is 7.98. The lowest BCUT2D eigenvalue weighted by atomic mass is 9.91. The molecule has 4 aliphatic rings. The standard InChI is InChI=1S/C46H31N2/c1-48-40-23-9-8-16-32(40)34-20-10-21-37(45(34)48)42-44-41(33-17-6-7-18-35(33)46(42)48)36-25-24-27-12-2-5-15-30(27)43(36)47(44)39-22-11-19-31-29-14-4-3-13-28(29)26-38(31)39/h2-8,10-22,24-25H,9,23,26H2,1H3/q+1. The maximum Gasteiger partial charge on any atom is 0.160 e. The van der Waals surface area contributed by atoms with Crippen LogP contribution in [0, 0.1) is 0 Å². The minimum Gasteiger partial charge on any atom is -0.307 e. The van der Waals surface area contributed by atoms with Crippen molar-refractivity contribution >= 4 is 60.3 Å². The molecule has 1 atom stereocenters. The molecule has 2 nitrogen and oxygen atoms in total. The third kappa shape index (κ3) is 2.79. The first-order valence-corrected chi connectivity index (χ1v) is 17.3. The van der Waals surface area contributed by atoms with Gasteiger partial charge in [0.05, 0.1) is 34.9 Å². The molecule has 0 saturated heterocycles. The molecule has 2 aliphatic heterocycles.